The van der Waals surface area contributed by atoms with Gasteiger partial charge in [0.25, 0.3) is 0 Å². The highest BCUT2D eigenvalue weighted by molar-refractivity contribution is 5.47. The summed E-state index contributed by atoms with van der Waals surface area (Å²) in [6.07, 6.45) is 4.50. The van der Waals surface area contributed by atoms with Crippen LogP contribution in [0.3, 0.4) is 0 Å². The van der Waals surface area contributed by atoms with Gasteiger partial charge in [0.15, 0.2) is 0 Å². The maximum atomic E-state index is 4.72. The molecule has 1 aliphatic heterocycles. The summed E-state index contributed by atoms with van der Waals surface area (Å²) >= 11 is 0. The topological polar surface area (TPSA) is 31.4 Å². The van der Waals surface area contributed by atoms with Crippen molar-refractivity contribution in [3.8, 4) is 0 Å². The largest absolute Gasteiger partial charge is 0.356 e. The summed E-state index contributed by atoms with van der Waals surface area (Å²) in [6, 6.07) is 2.89. The van der Waals surface area contributed by atoms with Gasteiger partial charge in [-0.15, -0.1) is 0 Å². The molecule has 0 saturated carbocycles. The molecule has 1 aliphatic rings. The SMILES string of the molecule is CCNCc1cnc(N(C)C2CCN(CC)CC2)c(C)c1. The van der Waals surface area contributed by atoms with Crippen LogP contribution >= 0.6 is 0 Å². The van der Waals surface area contributed by atoms with Crippen molar-refractivity contribution in [3.05, 3.63) is 23.4 Å². The quantitative estimate of drug-likeness (QED) is 0.872. The number of hydrogen-bond donors (Lipinski definition) is 1. The van der Waals surface area contributed by atoms with E-state index in [1.165, 1.54) is 43.6 Å². The molecule has 2 rings (SSSR count). The van der Waals surface area contributed by atoms with Crippen molar-refractivity contribution in [1.29, 1.82) is 0 Å². The molecule has 0 atom stereocenters. The Hall–Kier alpha value is -1.13. The normalized spacial score (nSPS) is 17.1. The summed E-state index contributed by atoms with van der Waals surface area (Å²) in [5, 5.41) is 3.36. The Bertz CT molecular complexity index is 438. The number of hydrogen-bond acceptors (Lipinski definition) is 4. The number of piperidine rings is 1. The van der Waals surface area contributed by atoms with Gasteiger partial charge in [-0.2, -0.15) is 0 Å². The molecule has 0 unspecified atom stereocenters. The van der Waals surface area contributed by atoms with Gasteiger partial charge in [-0.1, -0.05) is 13.8 Å². The second kappa shape index (κ2) is 7.76. The molecule has 0 bridgehead atoms. The van der Waals surface area contributed by atoms with Crippen LogP contribution in [0.4, 0.5) is 5.82 Å². The first-order valence-corrected chi connectivity index (χ1v) is 8.27. The molecule has 4 heteroatoms. The third kappa shape index (κ3) is 4.17. The van der Waals surface area contributed by atoms with Gasteiger partial charge in [-0.05, 0) is 50.0 Å². The maximum absolute atomic E-state index is 4.72. The van der Waals surface area contributed by atoms with Crippen LogP contribution in [0.15, 0.2) is 12.3 Å². The fraction of sp³-hybridized carbons (Fsp3) is 0.706. The minimum absolute atomic E-state index is 0.624. The fourth-order valence-corrected chi connectivity index (χ4v) is 3.16. The summed E-state index contributed by atoms with van der Waals surface area (Å²) < 4.78 is 0. The molecular formula is C17H30N4. The molecule has 0 radical (unpaired) electrons. The monoisotopic (exact) mass is 290 g/mol. The van der Waals surface area contributed by atoms with Crippen LogP contribution in [0.1, 0.15) is 37.8 Å². The van der Waals surface area contributed by atoms with Crippen LogP contribution < -0.4 is 10.2 Å². The predicted molar refractivity (Wildman–Crippen MR) is 89.9 cm³/mol. The minimum atomic E-state index is 0.624. The standard InChI is InChI=1S/C17H30N4/c1-5-18-12-15-11-14(3)17(19-13-15)20(4)16-7-9-21(6-2)10-8-16/h11,13,16,18H,5-10,12H2,1-4H3. The molecular weight excluding hydrogens is 260 g/mol. The summed E-state index contributed by atoms with van der Waals surface area (Å²) in [5.74, 6) is 1.14. The number of rotatable bonds is 6. The zero-order chi connectivity index (χ0) is 15.2. The van der Waals surface area contributed by atoms with E-state index in [1.54, 1.807) is 0 Å². The van der Waals surface area contributed by atoms with Crippen LogP contribution in [0.5, 0.6) is 0 Å². The van der Waals surface area contributed by atoms with E-state index in [0.717, 1.165) is 18.9 Å². The molecule has 1 aromatic rings. The first-order valence-electron chi connectivity index (χ1n) is 8.27. The lowest BCUT2D eigenvalue weighted by atomic mass is 10.0. The van der Waals surface area contributed by atoms with Crippen molar-refractivity contribution >= 4 is 5.82 Å². The summed E-state index contributed by atoms with van der Waals surface area (Å²) in [5.41, 5.74) is 2.55. The number of anilines is 1. The van der Waals surface area contributed by atoms with Crippen molar-refractivity contribution < 1.29 is 0 Å². The van der Waals surface area contributed by atoms with Crippen molar-refractivity contribution in [2.24, 2.45) is 0 Å². The van der Waals surface area contributed by atoms with Crippen LogP contribution in [0.2, 0.25) is 0 Å². The predicted octanol–water partition coefficient (Wildman–Crippen LogP) is 2.42. The Labute approximate surface area is 129 Å². The van der Waals surface area contributed by atoms with Gasteiger partial charge in [-0.25, -0.2) is 4.98 Å². The summed E-state index contributed by atoms with van der Waals surface area (Å²) in [4.78, 5) is 9.64. The Balaban J connectivity index is 2.00. The first kappa shape index (κ1) is 16.2. The highest BCUT2D eigenvalue weighted by Crippen LogP contribution is 2.23. The smallest absolute Gasteiger partial charge is 0.131 e. The van der Waals surface area contributed by atoms with Gasteiger partial charge in [0, 0.05) is 38.9 Å². The van der Waals surface area contributed by atoms with Crippen molar-refractivity contribution in [1.82, 2.24) is 15.2 Å². The summed E-state index contributed by atoms with van der Waals surface area (Å²) in [6.45, 7) is 12.1. The second-order valence-corrected chi connectivity index (χ2v) is 6.04. The Morgan fingerprint density at radius 1 is 1.33 bits per heavy atom. The number of nitrogens with one attached hydrogen (secondary N) is 1. The highest BCUT2D eigenvalue weighted by Gasteiger charge is 2.23. The van der Waals surface area contributed by atoms with Gasteiger partial charge in [-0.3, -0.25) is 0 Å². The van der Waals surface area contributed by atoms with Crippen molar-refractivity contribution in [2.75, 3.05) is 38.1 Å². The summed E-state index contributed by atoms with van der Waals surface area (Å²) in [7, 11) is 2.20. The van der Waals surface area contributed by atoms with E-state index in [0.29, 0.717) is 6.04 Å². The zero-order valence-corrected chi connectivity index (χ0v) is 14.0. The molecule has 0 aliphatic carbocycles. The lowest BCUT2D eigenvalue weighted by Crippen LogP contribution is -2.43. The average molecular weight is 290 g/mol. The molecule has 0 spiro atoms. The Kier molecular flexibility index (Phi) is 6.00. The van der Waals surface area contributed by atoms with Crippen LogP contribution in [0, 0.1) is 6.92 Å². The van der Waals surface area contributed by atoms with Crippen LogP contribution in [-0.2, 0) is 6.54 Å². The third-order valence-corrected chi connectivity index (χ3v) is 4.57. The lowest BCUT2D eigenvalue weighted by Gasteiger charge is -2.37. The van der Waals surface area contributed by atoms with E-state index < -0.39 is 0 Å². The lowest BCUT2D eigenvalue weighted by molar-refractivity contribution is 0.220. The van der Waals surface area contributed by atoms with Crippen molar-refractivity contribution in [3.63, 3.8) is 0 Å². The van der Waals surface area contributed by atoms with Gasteiger partial charge in [0.1, 0.15) is 5.82 Å². The van der Waals surface area contributed by atoms with Crippen LogP contribution in [-0.4, -0.2) is 49.2 Å². The number of aromatic nitrogens is 1. The fourth-order valence-electron chi connectivity index (χ4n) is 3.16. The van der Waals surface area contributed by atoms with E-state index in [9.17, 15) is 0 Å². The molecule has 1 N–H and O–H groups in total. The number of aryl methyl sites for hydroxylation is 1. The van der Waals surface area contributed by atoms with Gasteiger partial charge < -0.3 is 15.1 Å². The van der Waals surface area contributed by atoms with E-state index in [4.69, 9.17) is 4.98 Å². The van der Waals surface area contributed by atoms with Crippen LogP contribution in [0.25, 0.3) is 0 Å². The van der Waals surface area contributed by atoms with E-state index >= 15 is 0 Å². The minimum Gasteiger partial charge on any atom is -0.356 e. The second-order valence-electron chi connectivity index (χ2n) is 6.04. The number of likely N-dealkylation sites (tertiary alicyclic amines) is 1. The van der Waals surface area contributed by atoms with E-state index in [2.05, 4.69) is 49.0 Å². The van der Waals surface area contributed by atoms with Gasteiger partial charge in [0.2, 0.25) is 0 Å². The Morgan fingerprint density at radius 3 is 2.62 bits per heavy atom. The third-order valence-electron chi connectivity index (χ3n) is 4.57. The molecule has 0 aromatic carbocycles. The molecule has 4 nitrogen and oxygen atoms in total. The van der Waals surface area contributed by atoms with Gasteiger partial charge in [0.05, 0.1) is 0 Å². The van der Waals surface area contributed by atoms with Crippen molar-refractivity contribution in [2.45, 2.75) is 46.2 Å². The number of nitrogens with zero attached hydrogens (tertiary/aromatic N) is 3. The molecule has 2 heterocycles. The maximum Gasteiger partial charge on any atom is 0.131 e. The molecule has 1 fully saturated rings. The molecule has 118 valence electrons. The number of pyridine rings is 1. The van der Waals surface area contributed by atoms with E-state index in [1.807, 2.05) is 6.20 Å². The first-order chi connectivity index (χ1) is 10.2. The molecule has 1 aromatic heterocycles. The molecule has 21 heavy (non-hydrogen) atoms. The molecule has 1 saturated heterocycles. The Morgan fingerprint density at radius 2 is 2.05 bits per heavy atom. The van der Waals surface area contributed by atoms with E-state index in [-0.39, 0.29) is 0 Å². The highest BCUT2D eigenvalue weighted by atomic mass is 15.2. The molecule has 0 amide bonds. The average Bonchev–Trinajstić information content (AvgIpc) is 2.52. The zero-order valence-electron chi connectivity index (χ0n) is 14.0. The van der Waals surface area contributed by atoms with Gasteiger partial charge >= 0.3 is 0 Å².